The number of pyridine rings is 1. The summed E-state index contributed by atoms with van der Waals surface area (Å²) >= 11 is 0. The van der Waals surface area contributed by atoms with Gasteiger partial charge < -0.3 is 5.73 Å². The lowest BCUT2D eigenvalue weighted by molar-refractivity contribution is 1.05. The van der Waals surface area contributed by atoms with Gasteiger partial charge in [0.2, 0.25) is 0 Å². The molecule has 70 valence electrons. The van der Waals surface area contributed by atoms with E-state index in [1.54, 1.807) is 18.6 Å². The van der Waals surface area contributed by atoms with Crippen LogP contribution in [0.2, 0.25) is 0 Å². The quantitative estimate of drug-likeness (QED) is 0.759. The van der Waals surface area contributed by atoms with Crippen molar-refractivity contribution in [2.24, 2.45) is 5.73 Å². The Morgan fingerprint density at radius 2 is 2.00 bits per heavy atom. The first-order valence-electron chi connectivity index (χ1n) is 4.31. The highest BCUT2D eigenvalue weighted by atomic mass is 14.8. The van der Waals surface area contributed by atoms with Crippen molar-refractivity contribution >= 4 is 0 Å². The van der Waals surface area contributed by atoms with Gasteiger partial charge in [0.1, 0.15) is 6.33 Å². The van der Waals surface area contributed by atoms with E-state index in [9.17, 15) is 0 Å². The number of nitrogens with two attached hydrogens (primary N) is 1. The van der Waals surface area contributed by atoms with Gasteiger partial charge in [0.25, 0.3) is 0 Å². The van der Waals surface area contributed by atoms with Gasteiger partial charge in [-0.2, -0.15) is 0 Å². The molecule has 2 aromatic heterocycles. The van der Waals surface area contributed by atoms with Crippen molar-refractivity contribution in [3.63, 3.8) is 0 Å². The summed E-state index contributed by atoms with van der Waals surface area (Å²) in [7, 11) is 0. The summed E-state index contributed by atoms with van der Waals surface area (Å²) in [4.78, 5) is 12.1. The Morgan fingerprint density at radius 1 is 1.21 bits per heavy atom. The van der Waals surface area contributed by atoms with Gasteiger partial charge in [-0.1, -0.05) is 6.07 Å². The molecule has 0 saturated heterocycles. The van der Waals surface area contributed by atoms with E-state index < -0.39 is 0 Å². The normalized spacial score (nSPS) is 10.1. The van der Waals surface area contributed by atoms with Gasteiger partial charge in [-0.3, -0.25) is 4.98 Å². The predicted molar refractivity (Wildman–Crippen MR) is 53.2 cm³/mol. The van der Waals surface area contributed by atoms with Gasteiger partial charge in [0.05, 0.1) is 5.69 Å². The lowest BCUT2D eigenvalue weighted by Crippen LogP contribution is -2.00. The molecule has 2 N–H and O–H groups in total. The molecule has 0 amide bonds. The minimum Gasteiger partial charge on any atom is -0.326 e. The molecule has 0 atom stereocenters. The van der Waals surface area contributed by atoms with Gasteiger partial charge in [0, 0.05) is 30.7 Å². The SMILES string of the molecule is NCc1cccnc1-c1cncnc1. The van der Waals surface area contributed by atoms with Crippen LogP contribution in [0.4, 0.5) is 0 Å². The van der Waals surface area contributed by atoms with Crippen LogP contribution in [0, 0.1) is 0 Å². The van der Waals surface area contributed by atoms with Crippen LogP contribution in [0.25, 0.3) is 11.3 Å². The Morgan fingerprint density at radius 3 is 2.71 bits per heavy atom. The first-order valence-corrected chi connectivity index (χ1v) is 4.31. The fraction of sp³-hybridized carbons (Fsp3) is 0.100. The number of nitrogens with zero attached hydrogens (tertiary/aromatic N) is 3. The van der Waals surface area contributed by atoms with Crippen LogP contribution in [-0.2, 0) is 6.54 Å². The van der Waals surface area contributed by atoms with Gasteiger partial charge >= 0.3 is 0 Å². The van der Waals surface area contributed by atoms with Crippen molar-refractivity contribution in [3.8, 4) is 11.3 Å². The summed E-state index contributed by atoms with van der Waals surface area (Å²) in [6.07, 6.45) is 6.69. The van der Waals surface area contributed by atoms with E-state index in [0.717, 1.165) is 16.8 Å². The topological polar surface area (TPSA) is 64.7 Å². The van der Waals surface area contributed by atoms with Crippen molar-refractivity contribution in [2.75, 3.05) is 0 Å². The summed E-state index contributed by atoms with van der Waals surface area (Å²) in [5.74, 6) is 0. The predicted octanol–water partition coefficient (Wildman–Crippen LogP) is 0.997. The monoisotopic (exact) mass is 186 g/mol. The number of aromatic nitrogens is 3. The maximum Gasteiger partial charge on any atom is 0.115 e. The molecule has 0 saturated carbocycles. The zero-order valence-electron chi connectivity index (χ0n) is 7.59. The van der Waals surface area contributed by atoms with Crippen LogP contribution in [0.5, 0.6) is 0 Å². The van der Waals surface area contributed by atoms with E-state index in [0.29, 0.717) is 6.54 Å². The maximum atomic E-state index is 5.61. The van der Waals surface area contributed by atoms with Crippen molar-refractivity contribution < 1.29 is 0 Å². The largest absolute Gasteiger partial charge is 0.326 e. The highest BCUT2D eigenvalue weighted by molar-refractivity contribution is 5.60. The molecule has 4 heteroatoms. The molecular formula is C10H10N4. The average Bonchev–Trinajstić information content (AvgIpc) is 2.30. The van der Waals surface area contributed by atoms with E-state index in [2.05, 4.69) is 15.0 Å². The fourth-order valence-electron chi connectivity index (χ4n) is 1.28. The van der Waals surface area contributed by atoms with E-state index in [1.807, 2.05) is 12.1 Å². The second-order valence-electron chi connectivity index (χ2n) is 2.84. The highest BCUT2D eigenvalue weighted by Crippen LogP contribution is 2.18. The van der Waals surface area contributed by atoms with Crippen LogP contribution in [0.1, 0.15) is 5.56 Å². The molecule has 0 radical (unpaired) electrons. The molecule has 2 heterocycles. The van der Waals surface area contributed by atoms with E-state index in [1.165, 1.54) is 6.33 Å². The van der Waals surface area contributed by atoms with Crippen LogP contribution in [-0.4, -0.2) is 15.0 Å². The van der Waals surface area contributed by atoms with Crippen molar-refractivity contribution in [2.45, 2.75) is 6.54 Å². The Bertz CT molecular complexity index is 413. The molecular weight excluding hydrogens is 176 g/mol. The van der Waals surface area contributed by atoms with Gasteiger partial charge in [-0.25, -0.2) is 9.97 Å². The summed E-state index contributed by atoms with van der Waals surface area (Å²) < 4.78 is 0. The molecule has 0 aliphatic rings. The molecule has 0 fully saturated rings. The first-order chi connectivity index (χ1) is 6.92. The minimum atomic E-state index is 0.470. The van der Waals surface area contributed by atoms with Gasteiger partial charge in [-0.05, 0) is 11.6 Å². The summed E-state index contributed by atoms with van der Waals surface area (Å²) in [6, 6.07) is 3.82. The summed E-state index contributed by atoms with van der Waals surface area (Å²) in [5, 5.41) is 0. The molecule has 2 aromatic rings. The Labute approximate surface area is 81.9 Å². The van der Waals surface area contributed by atoms with Gasteiger partial charge in [0.15, 0.2) is 0 Å². The smallest absolute Gasteiger partial charge is 0.115 e. The Balaban J connectivity index is 2.51. The summed E-state index contributed by atoms with van der Waals surface area (Å²) in [5.41, 5.74) is 8.36. The minimum absolute atomic E-state index is 0.470. The van der Waals surface area contributed by atoms with E-state index in [4.69, 9.17) is 5.73 Å². The molecule has 14 heavy (non-hydrogen) atoms. The van der Waals surface area contributed by atoms with Crippen LogP contribution >= 0.6 is 0 Å². The number of hydrogen-bond acceptors (Lipinski definition) is 4. The van der Waals surface area contributed by atoms with Crippen LogP contribution in [0.15, 0.2) is 37.1 Å². The molecule has 0 aromatic carbocycles. The second-order valence-corrected chi connectivity index (χ2v) is 2.84. The lowest BCUT2D eigenvalue weighted by Gasteiger charge is -2.04. The lowest BCUT2D eigenvalue weighted by atomic mass is 10.1. The van der Waals surface area contributed by atoms with Gasteiger partial charge in [-0.15, -0.1) is 0 Å². The first kappa shape index (κ1) is 8.77. The van der Waals surface area contributed by atoms with Crippen LogP contribution < -0.4 is 5.73 Å². The molecule has 2 rings (SSSR count). The van der Waals surface area contributed by atoms with Crippen LogP contribution in [0.3, 0.4) is 0 Å². The second kappa shape index (κ2) is 3.93. The molecule has 4 nitrogen and oxygen atoms in total. The molecule has 0 unspecified atom stereocenters. The third kappa shape index (κ3) is 1.60. The summed E-state index contributed by atoms with van der Waals surface area (Å²) in [6.45, 7) is 0.470. The molecule has 0 bridgehead atoms. The third-order valence-corrected chi connectivity index (χ3v) is 1.95. The highest BCUT2D eigenvalue weighted by Gasteiger charge is 2.04. The Kier molecular flexibility index (Phi) is 2.46. The van der Waals surface area contributed by atoms with E-state index in [-0.39, 0.29) is 0 Å². The molecule has 0 spiro atoms. The molecule has 0 aliphatic carbocycles. The maximum absolute atomic E-state index is 5.61. The zero-order valence-corrected chi connectivity index (χ0v) is 7.59. The van der Waals surface area contributed by atoms with E-state index >= 15 is 0 Å². The number of rotatable bonds is 2. The number of hydrogen-bond donors (Lipinski definition) is 1. The Hall–Kier alpha value is -1.81. The molecule has 0 aliphatic heterocycles. The fourth-order valence-corrected chi connectivity index (χ4v) is 1.28. The average molecular weight is 186 g/mol. The van der Waals surface area contributed by atoms with Crippen molar-refractivity contribution in [1.29, 1.82) is 0 Å². The third-order valence-electron chi connectivity index (χ3n) is 1.95. The standard InChI is InChI=1S/C10H10N4/c11-4-8-2-1-3-14-10(8)9-5-12-7-13-6-9/h1-3,5-7H,4,11H2. The van der Waals surface area contributed by atoms with Crippen molar-refractivity contribution in [1.82, 2.24) is 15.0 Å². The van der Waals surface area contributed by atoms with Crippen molar-refractivity contribution in [3.05, 3.63) is 42.6 Å². The zero-order chi connectivity index (χ0) is 9.80.